The highest BCUT2D eigenvalue weighted by Gasteiger charge is 2.40. The zero-order valence-electron chi connectivity index (χ0n) is 14.4. The van der Waals surface area contributed by atoms with Crippen LogP contribution in [0.2, 0.25) is 0 Å². The molecule has 3 atom stereocenters. The number of aliphatic hydroxyl groups is 2. The number of halogens is 6. The molecule has 150 valence electrons. The van der Waals surface area contributed by atoms with Gasteiger partial charge in [0.1, 0.15) is 23.5 Å². The lowest BCUT2D eigenvalue weighted by molar-refractivity contribution is -0.0567. The summed E-state index contributed by atoms with van der Waals surface area (Å²) >= 11 is 0. The number of aliphatic hydroxyl groups excluding tert-OH is 2. The van der Waals surface area contributed by atoms with E-state index in [0.29, 0.717) is 11.1 Å². The maximum absolute atomic E-state index is 13.9. The first-order valence-corrected chi connectivity index (χ1v) is 7.93. The Balaban J connectivity index is 2.04. The van der Waals surface area contributed by atoms with Crippen molar-refractivity contribution in [3.8, 4) is 0 Å². The van der Waals surface area contributed by atoms with Crippen molar-refractivity contribution in [3.63, 3.8) is 0 Å². The van der Waals surface area contributed by atoms with Crippen LogP contribution < -0.4 is 0 Å². The number of ether oxygens (including phenoxy) is 1. The van der Waals surface area contributed by atoms with Crippen LogP contribution >= 0.6 is 0 Å². The van der Waals surface area contributed by atoms with Gasteiger partial charge in [0, 0.05) is 0 Å². The number of hydrogen-bond acceptors (Lipinski definition) is 4. The second kappa shape index (κ2) is 7.10. The molecule has 0 amide bonds. The first-order chi connectivity index (χ1) is 13.0. The highest BCUT2D eigenvalue weighted by Crippen LogP contribution is 2.32. The molecule has 1 aliphatic rings. The van der Waals surface area contributed by atoms with Crippen LogP contribution in [0.4, 0.5) is 26.3 Å². The third kappa shape index (κ3) is 3.12. The Labute approximate surface area is 154 Å². The number of aryl methyl sites for hydroxylation is 1. The minimum absolute atomic E-state index is 0.0179. The topological polar surface area (TPSA) is 62.1 Å². The minimum Gasteiger partial charge on any atom is -0.445 e. The lowest BCUT2D eigenvalue weighted by Gasteiger charge is -2.19. The van der Waals surface area contributed by atoms with Gasteiger partial charge in [0.2, 0.25) is 18.0 Å². The van der Waals surface area contributed by atoms with E-state index in [1.807, 2.05) is 0 Å². The van der Waals surface area contributed by atoms with Gasteiger partial charge in [0.05, 0.1) is 0 Å². The lowest BCUT2D eigenvalue weighted by atomic mass is 9.98. The van der Waals surface area contributed by atoms with E-state index in [2.05, 4.69) is 4.99 Å². The summed E-state index contributed by atoms with van der Waals surface area (Å²) in [6, 6.07) is 0.791. The van der Waals surface area contributed by atoms with E-state index < -0.39 is 64.8 Å². The highest BCUT2D eigenvalue weighted by molar-refractivity contribution is 5.96. The van der Waals surface area contributed by atoms with Gasteiger partial charge < -0.3 is 14.9 Å². The quantitative estimate of drug-likeness (QED) is 0.468. The maximum Gasteiger partial charge on any atom is 0.225 e. The van der Waals surface area contributed by atoms with Gasteiger partial charge in [-0.05, 0) is 36.6 Å². The minimum atomic E-state index is -2.36. The summed E-state index contributed by atoms with van der Waals surface area (Å²) in [5.74, 6) is -12.9. The molecule has 28 heavy (non-hydrogen) atoms. The molecule has 0 saturated carbocycles. The van der Waals surface area contributed by atoms with E-state index in [1.54, 1.807) is 6.92 Å². The Morgan fingerprint density at radius 3 is 2.00 bits per heavy atom. The third-order valence-corrected chi connectivity index (χ3v) is 4.51. The van der Waals surface area contributed by atoms with Crippen LogP contribution in [0.5, 0.6) is 0 Å². The van der Waals surface area contributed by atoms with E-state index in [-0.39, 0.29) is 5.56 Å². The van der Waals surface area contributed by atoms with E-state index in [9.17, 15) is 36.6 Å². The molecular weight excluding hydrogens is 392 g/mol. The van der Waals surface area contributed by atoms with Crippen LogP contribution in [-0.4, -0.2) is 28.4 Å². The predicted molar refractivity (Wildman–Crippen MR) is 84.5 cm³/mol. The second-order valence-corrected chi connectivity index (χ2v) is 6.27. The molecule has 0 fully saturated rings. The van der Waals surface area contributed by atoms with Gasteiger partial charge in [0.15, 0.2) is 23.3 Å². The van der Waals surface area contributed by atoms with Crippen LogP contribution in [-0.2, 0) is 4.74 Å². The molecule has 2 N–H and O–H groups in total. The Hall–Kier alpha value is -2.59. The van der Waals surface area contributed by atoms with Gasteiger partial charge in [-0.15, -0.1) is 0 Å². The number of hydrogen-bond donors (Lipinski definition) is 2. The summed E-state index contributed by atoms with van der Waals surface area (Å²) in [6.45, 7) is 3.08. The van der Waals surface area contributed by atoms with E-state index in [0.717, 1.165) is 6.07 Å². The highest BCUT2D eigenvalue weighted by atomic mass is 19.2. The van der Waals surface area contributed by atoms with Crippen LogP contribution in [0.3, 0.4) is 0 Å². The molecule has 0 aromatic heterocycles. The average molecular weight is 405 g/mol. The van der Waals surface area contributed by atoms with Crippen LogP contribution in [0.1, 0.15) is 28.4 Å². The molecule has 0 bridgehead atoms. The van der Waals surface area contributed by atoms with E-state index in [4.69, 9.17) is 4.74 Å². The molecule has 3 unspecified atom stereocenters. The van der Waals surface area contributed by atoms with Crippen molar-refractivity contribution in [2.75, 3.05) is 0 Å². The zero-order chi connectivity index (χ0) is 20.9. The normalized spacial score (nSPS) is 20.1. The number of benzene rings is 2. The van der Waals surface area contributed by atoms with Crippen molar-refractivity contribution >= 4 is 5.90 Å². The molecule has 3 rings (SSSR count). The molecule has 0 radical (unpaired) electrons. The van der Waals surface area contributed by atoms with Crippen molar-refractivity contribution in [1.29, 1.82) is 0 Å². The van der Waals surface area contributed by atoms with Gasteiger partial charge in [-0.1, -0.05) is 6.07 Å². The molecule has 2 aromatic rings. The first-order valence-electron chi connectivity index (χ1n) is 7.93. The summed E-state index contributed by atoms with van der Waals surface area (Å²) in [4.78, 5) is 3.57. The Morgan fingerprint density at radius 2 is 1.46 bits per heavy atom. The Kier molecular flexibility index (Phi) is 5.11. The van der Waals surface area contributed by atoms with Crippen molar-refractivity contribution < 1.29 is 41.3 Å². The lowest BCUT2D eigenvalue weighted by Crippen LogP contribution is -2.28. The van der Waals surface area contributed by atoms with Crippen LogP contribution in [0.25, 0.3) is 0 Å². The molecule has 4 nitrogen and oxygen atoms in total. The predicted octanol–water partition coefficient (Wildman–Crippen LogP) is 3.34. The fourth-order valence-electron chi connectivity index (χ4n) is 2.77. The molecule has 10 heteroatoms. The van der Waals surface area contributed by atoms with Crippen molar-refractivity contribution in [2.45, 2.75) is 32.3 Å². The number of nitrogens with zero attached hydrogens (tertiary/aromatic N) is 1. The number of rotatable bonds is 3. The molecule has 0 aliphatic carbocycles. The SMILES string of the molecule is Cc1cc(C(O)C2N=C(c3c(F)c(F)c(F)c(F)c3F)OC2O)cc(F)c1C. The Bertz CT molecular complexity index is 942. The molecule has 2 aromatic carbocycles. The fraction of sp³-hybridized carbons (Fsp3) is 0.278. The molecule has 1 heterocycles. The summed E-state index contributed by atoms with van der Waals surface area (Å²) < 4.78 is 86.3. The Morgan fingerprint density at radius 1 is 0.929 bits per heavy atom. The van der Waals surface area contributed by atoms with Gasteiger partial charge >= 0.3 is 0 Å². The van der Waals surface area contributed by atoms with Crippen LogP contribution in [0, 0.1) is 48.8 Å². The summed E-state index contributed by atoms with van der Waals surface area (Å²) in [7, 11) is 0. The fourth-order valence-corrected chi connectivity index (χ4v) is 2.77. The molecule has 0 spiro atoms. The third-order valence-electron chi connectivity index (χ3n) is 4.51. The van der Waals surface area contributed by atoms with Crippen molar-refractivity contribution in [3.05, 3.63) is 69.3 Å². The van der Waals surface area contributed by atoms with Crippen LogP contribution in [0.15, 0.2) is 17.1 Å². The molecular formula is C18H13F6NO3. The van der Waals surface area contributed by atoms with Gasteiger partial charge in [-0.2, -0.15) is 0 Å². The van der Waals surface area contributed by atoms with E-state index in [1.165, 1.54) is 13.0 Å². The summed E-state index contributed by atoms with van der Waals surface area (Å²) in [5, 5.41) is 20.3. The molecule has 0 saturated heterocycles. The second-order valence-electron chi connectivity index (χ2n) is 6.27. The van der Waals surface area contributed by atoms with Gasteiger partial charge in [-0.25, -0.2) is 31.3 Å². The zero-order valence-corrected chi connectivity index (χ0v) is 14.4. The van der Waals surface area contributed by atoms with Crippen molar-refractivity contribution in [2.24, 2.45) is 4.99 Å². The monoisotopic (exact) mass is 405 g/mol. The average Bonchev–Trinajstić information content (AvgIpc) is 3.03. The standard InChI is InChI=1S/C18H13F6NO3/c1-5-3-7(4-8(19)6(5)2)16(26)15-18(27)28-17(25-15)9-10(20)12(22)14(24)13(23)11(9)21/h3-4,15-16,18,26-27H,1-2H3. The maximum atomic E-state index is 13.9. The smallest absolute Gasteiger partial charge is 0.225 e. The van der Waals surface area contributed by atoms with E-state index >= 15 is 0 Å². The summed E-state index contributed by atoms with van der Waals surface area (Å²) in [6.07, 6.45) is -3.65. The van der Waals surface area contributed by atoms with Gasteiger partial charge in [-0.3, -0.25) is 0 Å². The first kappa shape index (κ1) is 20.2. The van der Waals surface area contributed by atoms with Crippen molar-refractivity contribution in [1.82, 2.24) is 0 Å². The summed E-state index contributed by atoms with van der Waals surface area (Å²) in [5.41, 5.74) is -0.691. The largest absolute Gasteiger partial charge is 0.445 e. The van der Waals surface area contributed by atoms with Gasteiger partial charge in [0.25, 0.3) is 0 Å². The molecule has 1 aliphatic heterocycles. The number of aliphatic imine (C=N–C) groups is 1.